The van der Waals surface area contributed by atoms with Crippen molar-refractivity contribution in [2.45, 2.75) is 51.0 Å². The lowest BCUT2D eigenvalue weighted by Crippen LogP contribution is -2.67. The Hall–Kier alpha value is -2.99. The van der Waals surface area contributed by atoms with Gasteiger partial charge in [-0.1, -0.05) is 123 Å². The van der Waals surface area contributed by atoms with Gasteiger partial charge >= 0.3 is 0 Å². The highest BCUT2D eigenvalue weighted by atomic mass is 28.4. The zero-order chi connectivity index (χ0) is 24.4. The number of ether oxygens (including phenoxy) is 1. The maximum absolute atomic E-state index is 9.27. The second-order valence-electron chi connectivity index (χ2n) is 9.39. The molecule has 0 saturated heterocycles. The molecule has 0 aliphatic heterocycles. The lowest BCUT2D eigenvalue weighted by Gasteiger charge is -2.45. The van der Waals surface area contributed by atoms with Gasteiger partial charge in [0.25, 0.3) is 8.32 Å². The summed E-state index contributed by atoms with van der Waals surface area (Å²) >= 11 is 0. The molecule has 0 saturated carbocycles. The van der Waals surface area contributed by atoms with Crippen molar-refractivity contribution in [1.29, 1.82) is 0 Å². The van der Waals surface area contributed by atoms with Crippen molar-refractivity contribution >= 4 is 24.9 Å². The zero-order valence-electron chi connectivity index (χ0n) is 20.3. The molecule has 0 aromatic heterocycles. The highest BCUT2D eigenvalue weighted by Gasteiger charge is 2.51. The summed E-state index contributed by atoms with van der Waals surface area (Å²) in [5.41, 5.74) is 1.06. The van der Waals surface area contributed by atoms with E-state index in [0.29, 0.717) is 13.0 Å². The minimum Gasteiger partial charge on any atom is -0.411 e. The molecule has 0 amide bonds. The SMILES string of the molecule is C=C[C@H](C[C@H](/C=N/O)OCc1ccccc1)O[Si](c1ccccc1)(c1ccccc1)C(C)(C)C. The molecule has 0 aliphatic carbocycles. The van der Waals surface area contributed by atoms with E-state index in [1.165, 1.54) is 16.6 Å². The molecule has 0 heterocycles. The van der Waals surface area contributed by atoms with Crippen LogP contribution in [0, 0.1) is 0 Å². The van der Waals surface area contributed by atoms with Gasteiger partial charge in [-0.05, 0) is 21.0 Å². The van der Waals surface area contributed by atoms with Crippen molar-refractivity contribution in [2.75, 3.05) is 0 Å². The molecule has 0 radical (unpaired) electrons. The maximum Gasteiger partial charge on any atom is 0.261 e. The molecule has 0 fully saturated rings. The van der Waals surface area contributed by atoms with Crippen LogP contribution in [0.15, 0.2) is 109 Å². The Morgan fingerprint density at radius 2 is 1.35 bits per heavy atom. The highest BCUT2D eigenvalue weighted by molar-refractivity contribution is 6.99. The first-order chi connectivity index (χ1) is 16.4. The standard InChI is InChI=1S/C29H35NO3Si/c1-5-25(21-26(22-30-31)32-23-24-15-9-6-10-16-24)33-34(29(2,3)4,27-17-11-7-12-18-27)28-19-13-8-14-20-28/h5-20,22,25-26,31H,1,21,23H2,2-4H3/b30-22+/t25-,26-/m1/s1. The summed E-state index contributed by atoms with van der Waals surface area (Å²) in [6.07, 6.45) is 3.03. The van der Waals surface area contributed by atoms with E-state index in [4.69, 9.17) is 9.16 Å². The lowest BCUT2D eigenvalue weighted by molar-refractivity contribution is 0.0573. The van der Waals surface area contributed by atoms with Gasteiger partial charge in [-0.2, -0.15) is 0 Å². The number of benzene rings is 3. The third-order valence-corrected chi connectivity index (χ3v) is 11.1. The topological polar surface area (TPSA) is 51.1 Å². The van der Waals surface area contributed by atoms with E-state index in [1.54, 1.807) is 0 Å². The molecule has 3 aromatic carbocycles. The predicted octanol–water partition coefficient (Wildman–Crippen LogP) is 5.55. The van der Waals surface area contributed by atoms with Crippen LogP contribution in [-0.4, -0.2) is 31.9 Å². The van der Waals surface area contributed by atoms with Crippen LogP contribution in [0.4, 0.5) is 0 Å². The van der Waals surface area contributed by atoms with Crippen LogP contribution in [0.5, 0.6) is 0 Å². The predicted molar refractivity (Wildman–Crippen MR) is 143 cm³/mol. The Labute approximate surface area is 204 Å². The van der Waals surface area contributed by atoms with E-state index in [-0.39, 0.29) is 11.1 Å². The molecule has 3 aromatic rings. The van der Waals surface area contributed by atoms with Crippen LogP contribution in [0.25, 0.3) is 0 Å². The van der Waals surface area contributed by atoms with Crippen LogP contribution in [-0.2, 0) is 15.8 Å². The molecule has 34 heavy (non-hydrogen) atoms. The number of hydrogen-bond donors (Lipinski definition) is 1. The summed E-state index contributed by atoms with van der Waals surface area (Å²) in [6.45, 7) is 11.2. The van der Waals surface area contributed by atoms with Crippen LogP contribution >= 0.6 is 0 Å². The Morgan fingerprint density at radius 1 is 0.853 bits per heavy atom. The van der Waals surface area contributed by atoms with E-state index in [1.807, 2.05) is 48.5 Å². The van der Waals surface area contributed by atoms with E-state index >= 15 is 0 Å². The molecule has 0 unspecified atom stereocenters. The molecule has 3 rings (SSSR count). The number of rotatable bonds is 11. The van der Waals surface area contributed by atoms with Gasteiger partial charge in [0.05, 0.1) is 25.0 Å². The Morgan fingerprint density at radius 3 is 1.79 bits per heavy atom. The maximum atomic E-state index is 9.27. The average Bonchev–Trinajstić information content (AvgIpc) is 2.86. The number of hydrogen-bond acceptors (Lipinski definition) is 4. The first-order valence-electron chi connectivity index (χ1n) is 11.6. The quantitative estimate of drug-likeness (QED) is 0.131. The summed E-state index contributed by atoms with van der Waals surface area (Å²) in [5, 5.41) is 14.8. The largest absolute Gasteiger partial charge is 0.411 e. The van der Waals surface area contributed by atoms with E-state index in [2.05, 4.69) is 81.0 Å². The van der Waals surface area contributed by atoms with Crippen molar-refractivity contribution in [1.82, 2.24) is 0 Å². The van der Waals surface area contributed by atoms with Crippen molar-refractivity contribution in [3.05, 3.63) is 109 Å². The van der Waals surface area contributed by atoms with Crippen LogP contribution in [0.3, 0.4) is 0 Å². The third kappa shape index (κ3) is 6.11. The molecular weight excluding hydrogens is 438 g/mol. The Bertz CT molecular complexity index is 994. The molecule has 0 aliphatic rings. The minimum atomic E-state index is -2.74. The molecule has 178 valence electrons. The molecular formula is C29H35NO3Si. The Kier molecular flexibility index (Phi) is 8.99. The molecule has 0 bridgehead atoms. The average molecular weight is 474 g/mol. The summed E-state index contributed by atoms with van der Waals surface area (Å²) in [7, 11) is -2.74. The van der Waals surface area contributed by atoms with Crippen molar-refractivity contribution in [2.24, 2.45) is 5.16 Å². The zero-order valence-corrected chi connectivity index (χ0v) is 21.3. The smallest absolute Gasteiger partial charge is 0.261 e. The van der Waals surface area contributed by atoms with Crippen LogP contribution in [0.2, 0.25) is 5.04 Å². The fraction of sp³-hybridized carbons (Fsp3) is 0.276. The number of oxime groups is 1. The second-order valence-corrected chi connectivity index (χ2v) is 13.6. The van der Waals surface area contributed by atoms with Crippen LogP contribution in [0.1, 0.15) is 32.8 Å². The van der Waals surface area contributed by atoms with Gasteiger partial charge in [0.2, 0.25) is 0 Å². The van der Waals surface area contributed by atoms with Gasteiger partial charge in [0, 0.05) is 6.42 Å². The van der Waals surface area contributed by atoms with E-state index in [9.17, 15) is 5.21 Å². The minimum absolute atomic E-state index is 0.150. The molecule has 0 spiro atoms. The van der Waals surface area contributed by atoms with Gasteiger partial charge in [0.1, 0.15) is 0 Å². The second kappa shape index (κ2) is 11.9. The molecule has 1 N–H and O–H groups in total. The van der Waals surface area contributed by atoms with E-state index in [0.717, 1.165) is 5.56 Å². The normalized spacial score (nSPS) is 14.1. The summed E-state index contributed by atoms with van der Waals surface area (Å²) in [5.74, 6) is 0. The van der Waals surface area contributed by atoms with Crippen molar-refractivity contribution in [3.63, 3.8) is 0 Å². The third-order valence-electron chi connectivity index (χ3n) is 6.01. The summed E-state index contributed by atoms with van der Waals surface area (Å²) < 4.78 is 13.2. The van der Waals surface area contributed by atoms with Gasteiger partial charge in [0.15, 0.2) is 0 Å². The monoisotopic (exact) mass is 473 g/mol. The van der Waals surface area contributed by atoms with Crippen LogP contribution < -0.4 is 10.4 Å². The first kappa shape index (κ1) is 25.6. The molecule has 4 nitrogen and oxygen atoms in total. The summed E-state index contributed by atoms with van der Waals surface area (Å²) in [6, 6.07) is 31.0. The Balaban J connectivity index is 1.94. The van der Waals surface area contributed by atoms with E-state index < -0.39 is 14.4 Å². The van der Waals surface area contributed by atoms with Gasteiger partial charge in [-0.15, -0.1) is 6.58 Å². The van der Waals surface area contributed by atoms with Gasteiger partial charge in [-0.3, -0.25) is 0 Å². The lowest BCUT2D eigenvalue weighted by atomic mass is 10.1. The molecule has 5 heteroatoms. The molecule has 2 atom stereocenters. The van der Waals surface area contributed by atoms with Crippen molar-refractivity contribution in [3.8, 4) is 0 Å². The highest BCUT2D eigenvalue weighted by Crippen LogP contribution is 2.38. The van der Waals surface area contributed by atoms with Crippen molar-refractivity contribution < 1.29 is 14.4 Å². The fourth-order valence-electron chi connectivity index (χ4n) is 4.36. The van der Waals surface area contributed by atoms with Gasteiger partial charge in [-0.25, -0.2) is 0 Å². The number of nitrogens with zero attached hydrogens (tertiary/aromatic N) is 1. The van der Waals surface area contributed by atoms with Gasteiger partial charge < -0.3 is 14.4 Å². The first-order valence-corrected chi connectivity index (χ1v) is 13.6. The fourth-order valence-corrected chi connectivity index (χ4v) is 9.02. The summed E-state index contributed by atoms with van der Waals surface area (Å²) in [4.78, 5) is 0.